The molecular weight excluding hydrogens is 401 g/mol. The van der Waals surface area contributed by atoms with Crippen molar-refractivity contribution in [3.05, 3.63) is 60.2 Å². The second-order valence-corrected chi connectivity index (χ2v) is 7.77. The van der Waals surface area contributed by atoms with Crippen LogP contribution in [-0.2, 0) is 6.42 Å². The Morgan fingerprint density at radius 3 is 2.65 bits per heavy atom. The molecule has 160 valence electrons. The molecule has 5 rings (SSSR count). The Hall–Kier alpha value is -3.55. The molecule has 0 radical (unpaired) electrons. The molecule has 1 spiro atoms. The molecule has 2 heterocycles. The van der Waals surface area contributed by atoms with Crippen molar-refractivity contribution in [2.75, 3.05) is 11.9 Å². The zero-order valence-electron chi connectivity index (χ0n) is 16.8. The van der Waals surface area contributed by atoms with Gasteiger partial charge in [0.2, 0.25) is 5.89 Å². The maximum atomic E-state index is 13.0. The predicted molar refractivity (Wildman–Crippen MR) is 112 cm³/mol. The molecule has 0 unspecified atom stereocenters. The van der Waals surface area contributed by atoms with E-state index in [9.17, 15) is 9.18 Å². The van der Waals surface area contributed by atoms with E-state index in [1.165, 1.54) is 18.4 Å². The zero-order valence-corrected chi connectivity index (χ0v) is 16.8. The minimum Gasteiger partial charge on any atom is -0.448 e. The number of hydrogen-bond donors (Lipinski definition) is 2. The van der Waals surface area contributed by atoms with Crippen molar-refractivity contribution in [1.82, 2.24) is 10.3 Å². The van der Waals surface area contributed by atoms with Gasteiger partial charge in [-0.2, -0.15) is 0 Å². The van der Waals surface area contributed by atoms with Gasteiger partial charge in [0.15, 0.2) is 11.5 Å². The first-order valence-electron chi connectivity index (χ1n) is 10.4. The van der Waals surface area contributed by atoms with E-state index in [0.29, 0.717) is 41.6 Å². The Labute approximate surface area is 178 Å². The van der Waals surface area contributed by atoms with Gasteiger partial charge in [-0.25, -0.2) is 14.2 Å². The van der Waals surface area contributed by atoms with Crippen LogP contribution in [0.15, 0.2) is 53.1 Å². The van der Waals surface area contributed by atoms with Crippen LogP contribution in [-0.4, -0.2) is 23.3 Å². The van der Waals surface area contributed by atoms with E-state index in [1.807, 2.05) is 6.07 Å². The third kappa shape index (κ3) is 4.19. The van der Waals surface area contributed by atoms with Crippen molar-refractivity contribution in [1.29, 1.82) is 0 Å². The van der Waals surface area contributed by atoms with Crippen molar-refractivity contribution in [2.45, 2.75) is 37.9 Å². The lowest BCUT2D eigenvalue weighted by molar-refractivity contribution is -0.0716. The summed E-state index contributed by atoms with van der Waals surface area (Å²) in [5.74, 6) is 0.964. The molecule has 7 nitrogen and oxygen atoms in total. The minimum absolute atomic E-state index is 0.314. The minimum atomic E-state index is -0.520. The van der Waals surface area contributed by atoms with Crippen LogP contribution >= 0.6 is 0 Å². The highest BCUT2D eigenvalue weighted by Crippen LogP contribution is 2.47. The number of urea groups is 1. The number of oxazole rings is 1. The fourth-order valence-corrected chi connectivity index (χ4v) is 3.92. The number of aromatic nitrogens is 1. The summed E-state index contributed by atoms with van der Waals surface area (Å²) in [7, 11) is 0. The smallest absolute Gasteiger partial charge is 0.319 e. The largest absolute Gasteiger partial charge is 0.448 e. The molecule has 1 saturated carbocycles. The second-order valence-electron chi connectivity index (χ2n) is 7.77. The van der Waals surface area contributed by atoms with Crippen LogP contribution in [0, 0.1) is 5.82 Å². The van der Waals surface area contributed by atoms with E-state index in [1.54, 1.807) is 24.3 Å². The molecule has 0 atom stereocenters. The molecule has 1 aromatic heterocycles. The number of amides is 2. The Balaban J connectivity index is 1.12. The third-order valence-corrected chi connectivity index (χ3v) is 5.47. The van der Waals surface area contributed by atoms with E-state index in [2.05, 4.69) is 15.6 Å². The maximum Gasteiger partial charge on any atom is 0.319 e. The summed E-state index contributed by atoms with van der Waals surface area (Å²) < 4.78 is 30.5. The molecule has 0 saturated heterocycles. The number of rotatable bonds is 5. The number of anilines is 1. The highest BCUT2D eigenvalue weighted by atomic mass is 19.1. The summed E-state index contributed by atoms with van der Waals surface area (Å²) in [6.45, 7) is 0.384. The average Bonchev–Trinajstić information content (AvgIpc) is 3.49. The molecule has 2 aromatic carbocycles. The average molecular weight is 423 g/mol. The first-order valence-corrected chi connectivity index (χ1v) is 10.4. The second kappa shape index (κ2) is 7.94. The Kier molecular flexibility index (Phi) is 4.97. The van der Waals surface area contributed by atoms with Gasteiger partial charge in [-0.1, -0.05) is 0 Å². The molecule has 2 N–H and O–H groups in total. The first kappa shape index (κ1) is 19.4. The Morgan fingerprint density at radius 2 is 1.84 bits per heavy atom. The van der Waals surface area contributed by atoms with Gasteiger partial charge in [0.1, 0.15) is 12.1 Å². The molecular formula is C23H22FN3O4. The Bertz CT molecular complexity index is 1090. The Morgan fingerprint density at radius 1 is 1.06 bits per heavy atom. The SMILES string of the molecule is O=C(NCCc1coc(-c2ccc(F)cc2)n1)Nc1ccc2c(c1)OC1(CCCC1)O2. The topological polar surface area (TPSA) is 85.6 Å². The van der Waals surface area contributed by atoms with Gasteiger partial charge in [-0.05, 0) is 49.2 Å². The number of benzene rings is 2. The van der Waals surface area contributed by atoms with Crippen molar-refractivity contribution in [2.24, 2.45) is 0 Å². The lowest BCUT2D eigenvalue weighted by atomic mass is 10.2. The summed E-state index contributed by atoms with van der Waals surface area (Å²) >= 11 is 0. The number of fused-ring (bicyclic) bond motifs is 1. The number of halogens is 1. The molecule has 2 aliphatic rings. The standard InChI is InChI=1S/C23H22FN3O4/c24-16-5-3-15(4-6-16)21-26-18(14-29-21)9-12-25-22(28)27-17-7-8-19-20(13-17)31-23(30-19)10-1-2-11-23/h3-8,13-14H,1-2,9-12H2,(H2,25,27,28). The van der Waals surface area contributed by atoms with Crippen LogP contribution in [0.4, 0.5) is 14.9 Å². The lowest BCUT2D eigenvalue weighted by Gasteiger charge is -2.21. The summed E-state index contributed by atoms with van der Waals surface area (Å²) in [5, 5.41) is 5.61. The summed E-state index contributed by atoms with van der Waals surface area (Å²) in [5.41, 5.74) is 2.03. The van der Waals surface area contributed by atoms with Gasteiger partial charge < -0.3 is 24.5 Å². The lowest BCUT2D eigenvalue weighted by Crippen LogP contribution is -2.34. The molecule has 8 heteroatoms. The monoisotopic (exact) mass is 423 g/mol. The zero-order chi connectivity index (χ0) is 21.3. The van der Waals surface area contributed by atoms with Crippen LogP contribution in [0.25, 0.3) is 11.5 Å². The molecule has 0 bridgehead atoms. The van der Waals surface area contributed by atoms with Crippen LogP contribution in [0.1, 0.15) is 31.4 Å². The van der Waals surface area contributed by atoms with Gasteiger partial charge in [0.05, 0.1) is 5.69 Å². The van der Waals surface area contributed by atoms with E-state index in [-0.39, 0.29) is 11.8 Å². The van der Waals surface area contributed by atoms with Crippen LogP contribution in [0.3, 0.4) is 0 Å². The van der Waals surface area contributed by atoms with Gasteiger partial charge in [-0.3, -0.25) is 0 Å². The fourth-order valence-electron chi connectivity index (χ4n) is 3.92. The fraction of sp³-hybridized carbons (Fsp3) is 0.304. The summed E-state index contributed by atoms with van der Waals surface area (Å²) in [4.78, 5) is 16.6. The summed E-state index contributed by atoms with van der Waals surface area (Å²) in [6, 6.07) is 11.0. The maximum absolute atomic E-state index is 13.0. The van der Waals surface area contributed by atoms with Crippen LogP contribution in [0.5, 0.6) is 11.5 Å². The van der Waals surface area contributed by atoms with Gasteiger partial charge in [0, 0.05) is 43.1 Å². The van der Waals surface area contributed by atoms with E-state index in [4.69, 9.17) is 13.9 Å². The quantitative estimate of drug-likeness (QED) is 0.611. The van der Waals surface area contributed by atoms with Crippen molar-refractivity contribution in [3.8, 4) is 23.0 Å². The number of hydrogen-bond acceptors (Lipinski definition) is 5. The number of nitrogens with one attached hydrogen (secondary N) is 2. The van der Waals surface area contributed by atoms with E-state index >= 15 is 0 Å². The molecule has 2 amide bonds. The first-order chi connectivity index (χ1) is 15.1. The number of carbonyl (C=O) groups is 1. The van der Waals surface area contributed by atoms with Crippen LogP contribution in [0.2, 0.25) is 0 Å². The van der Waals surface area contributed by atoms with E-state index < -0.39 is 5.79 Å². The molecule has 3 aromatic rings. The molecule has 31 heavy (non-hydrogen) atoms. The van der Waals surface area contributed by atoms with Crippen molar-refractivity contribution in [3.63, 3.8) is 0 Å². The summed E-state index contributed by atoms with van der Waals surface area (Å²) in [6.07, 6.45) is 6.00. The van der Waals surface area contributed by atoms with Crippen LogP contribution < -0.4 is 20.1 Å². The van der Waals surface area contributed by atoms with Gasteiger partial charge >= 0.3 is 6.03 Å². The molecule has 1 fully saturated rings. The van der Waals surface area contributed by atoms with Crippen molar-refractivity contribution >= 4 is 11.7 Å². The van der Waals surface area contributed by atoms with Gasteiger partial charge in [-0.15, -0.1) is 0 Å². The molecule has 1 aliphatic heterocycles. The van der Waals surface area contributed by atoms with Gasteiger partial charge in [0.25, 0.3) is 5.79 Å². The highest BCUT2D eigenvalue weighted by molar-refractivity contribution is 5.89. The number of carbonyl (C=O) groups excluding carboxylic acids is 1. The number of ether oxygens (including phenoxy) is 2. The van der Waals surface area contributed by atoms with Crippen molar-refractivity contribution < 1.29 is 23.1 Å². The molecule has 1 aliphatic carbocycles. The highest BCUT2D eigenvalue weighted by Gasteiger charge is 2.44. The number of nitrogens with zero attached hydrogens (tertiary/aromatic N) is 1. The normalized spacial score (nSPS) is 15.9. The van der Waals surface area contributed by atoms with E-state index in [0.717, 1.165) is 31.4 Å². The predicted octanol–water partition coefficient (Wildman–Crippen LogP) is 4.89. The third-order valence-electron chi connectivity index (χ3n) is 5.47.